The van der Waals surface area contributed by atoms with Crippen LogP contribution in [0, 0.1) is 5.82 Å². The highest BCUT2D eigenvalue weighted by atomic mass is 35.5. The molecular formula is C20H18ClFN8OS. The van der Waals surface area contributed by atoms with Crippen molar-refractivity contribution in [3.05, 3.63) is 63.8 Å². The molecule has 12 heteroatoms. The van der Waals surface area contributed by atoms with Gasteiger partial charge in [-0.3, -0.25) is 0 Å². The second kappa shape index (κ2) is 9.13. The van der Waals surface area contributed by atoms with Crippen LogP contribution in [0.1, 0.15) is 29.5 Å². The predicted molar refractivity (Wildman–Crippen MR) is 117 cm³/mol. The molecule has 4 aromatic rings. The fourth-order valence-corrected chi connectivity index (χ4v) is 4.63. The van der Waals surface area contributed by atoms with Crippen molar-refractivity contribution in [2.75, 3.05) is 18.0 Å². The maximum Gasteiger partial charge on any atom is 0.225 e. The number of benzene rings is 1. The Labute approximate surface area is 191 Å². The summed E-state index contributed by atoms with van der Waals surface area (Å²) in [5.41, 5.74) is 1.31. The van der Waals surface area contributed by atoms with E-state index in [-0.39, 0.29) is 12.4 Å². The largest absolute Gasteiger partial charge is 0.484 e. The molecule has 0 bridgehead atoms. The van der Waals surface area contributed by atoms with Gasteiger partial charge in [0.05, 0.1) is 33.8 Å². The number of halogens is 2. The van der Waals surface area contributed by atoms with E-state index in [0.29, 0.717) is 22.6 Å². The highest BCUT2D eigenvalue weighted by Crippen LogP contribution is 2.32. The first kappa shape index (κ1) is 20.7. The monoisotopic (exact) mass is 472 g/mol. The smallest absolute Gasteiger partial charge is 0.225 e. The van der Waals surface area contributed by atoms with E-state index in [1.807, 2.05) is 5.38 Å². The van der Waals surface area contributed by atoms with Crippen molar-refractivity contribution >= 4 is 28.9 Å². The number of piperidine rings is 1. The van der Waals surface area contributed by atoms with Gasteiger partial charge < -0.3 is 9.64 Å². The summed E-state index contributed by atoms with van der Waals surface area (Å²) in [6.45, 7) is 1.92. The van der Waals surface area contributed by atoms with Crippen molar-refractivity contribution in [2.24, 2.45) is 0 Å². The second-order valence-corrected chi connectivity index (χ2v) is 8.62. The second-order valence-electron chi connectivity index (χ2n) is 7.30. The number of anilines is 1. The molecule has 1 fully saturated rings. The summed E-state index contributed by atoms with van der Waals surface area (Å²) in [5.74, 6) is 0.761. The first-order chi connectivity index (χ1) is 15.7. The average molecular weight is 473 g/mol. The topological polar surface area (TPSA) is 94.7 Å². The number of hydrogen-bond donors (Lipinski definition) is 0. The molecule has 0 aliphatic carbocycles. The van der Waals surface area contributed by atoms with Crippen LogP contribution in [-0.4, -0.2) is 48.2 Å². The molecule has 164 valence electrons. The number of thiazole rings is 1. The molecule has 4 heterocycles. The first-order valence-electron chi connectivity index (χ1n) is 9.98. The summed E-state index contributed by atoms with van der Waals surface area (Å²) >= 11 is 7.49. The summed E-state index contributed by atoms with van der Waals surface area (Å²) in [6, 6.07) is 4.59. The lowest BCUT2D eigenvalue weighted by atomic mass is 9.98. The van der Waals surface area contributed by atoms with Crippen molar-refractivity contribution in [3.63, 3.8) is 0 Å². The van der Waals surface area contributed by atoms with Gasteiger partial charge in [0.25, 0.3) is 0 Å². The van der Waals surface area contributed by atoms with Crippen LogP contribution >= 0.6 is 22.9 Å². The fraction of sp³-hybridized carbons (Fsp3) is 0.300. The summed E-state index contributed by atoms with van der Waals surface area (Å²) in [5, 5.41) is 14.4. The summed E-state index contributed by atoms with van der Waals surface area (Å²) in [4.78, 5) is 15.5. The van der Waals surface area contributed by atoms with Crippen LogP contribution in [0.5, 0.6) is 5.75 Å². The Hall–Kier alpha value is -3.18. The molecule has 32 heavy (non-hydrogen) atoms. The molecule has 1 saturated heterocycles. The minimum Gasteiger partial charge on any atom is -0.484 e. The quantitative estimate of drug-likeness (QED) is 0.419. The van der Waals surface area contributed by atoms with Gasteiger partial charge in [-0.05, 0) is 35.4 Å². The molecule has 0 N–H and O–H groups in total. The fourth-order valence-electron chi connectivity index (χ4n) is 3.55. The maximum absolute atomic E-state index is 14.4. The minimum absolute atomic E-state index is 0.160. The van der Waals surface area contributed by atoms with E-state index < -0.39 is 5.82 Å². The maximum atomic E-state index is 14.4. The molecule has 0 saturated carbocycles. The first-order valence-corrected chi connectivity index (χ1v) is 11.2. The summed E-state index contributed by atoms with van der Waals surface area (Å²) in [6.07, 6.45) is 6.57. The third-order valence-corrected chi connectivity index (χ3v) is 6.46. The van der Waals surface area contributed by atoms with Gasteiger partial charge in [-0.15, -0.1) is 16.4 Å². The molecule has 0 atom stereocenters. The van der Waals surface area contributed by atoms with Gasteiger partial charge in [0, 0.05) is 30.5 Å². The molecule has 1 aliphatic heterocycles. The van der Waals surface area contributed by atoms with Crippen LogP contribution in [0.3, 0.4) is 0 Å². The van der Waals surface area contributed by atoms with Gasteiger partial charge in [-0.1, -0.05) is 11.6 Å². The number of nitrogens with zero attached hydrogens (tertiary/aromatic N) is 8. The molecule has 0 radical (unpaired) electrons. The van der Waals surface area contributed by atoms with Crippen molar-refractivity contribution in [1.29, 1.82) is 0 Å². The van der Waals surface area contributed by atoms with Gasteiger partial charge in [-0.25, -0.2) is 24.0 Å². The molecule has 5 rings (SSSR count). The number of hydrogen-bond acceptors (Lipinski definition) is 9. The molecule has 3 aromatic heterocycles. The summed E-state index contributed by atoms with van der Waals surface area (Å²) in [7, 11) is 0. The van der Waals surface area contributed by atoms with Crippen LogP contribution in [0.25, 0.3) is 5.69 Å². The van der Waals surface area contributed by atoms with E-state index in [4.69, 9.17) is 21.3 Å². The molecule has 0 spiro atoms. The number of ether oxygens (including phenoxy) is 1. The van der Waals surface area contributed by atoms with E-state index in [9.17, 15) is 4.39 Å². The van der Waals surface area contributed by atoms with Crippen LogP contribution < -0.4 is 9.64 Å². The van der Waals surface area contributed by atoms with Gasteiger partial charge in [0.2, 0.25) is 5.95 Å². The zero-order valence-corrected chi connectivity index (χ0v) is 18.4. The standard InChI is InChI=1S/C20H18ClFN8OS/c21-14-8-23-20(24-9-14)29-5-3-13(4-6-29)19-26-15(11-32-19)10-31-18-2-1-16(7-17(18)22)30-12-25-27-28-30/h1-2,7-9,11-13H,3-6,10H2. The Bertz CT molecular complexity index is 1180. The molecule has 0 amide bonds. The van der Waals surface area contributed by atoms with Crippen molar-refractivity contribution in [3.8, 4) is 11.4 Å². The predicted octanol–water partition coefficient (Wildman–Crippen LogP) is 3.66. The van der Waals surface area contributed by atoms with Gasteiger partial charge in [-0.2, -0.15) is 0 Å². The lowest BCUT2D eigenvalue weighted by molar-refractivity contribution is 0.286. The molecule has 1 aromatic carbocycles. The normalized spacial score (nSPS) is 14.6. The van der Waals surface area contributed by atoms with Gasteiger partial charge in [0.1, 0.15) is 12.9 Å². The Kier molecular flexibility index (Phi) is 5.91. The van der Waals surface area contributed by atoms with Crippen LogP contribution in [0.4, 0.5) is 10.3 Å². The van der Waals surface area contributed by atoms with Crippen molar-refractivity contribution < 1.29 is 9.13 Å². The molecule has 1 aliphatic rings. The number of tetrazole rings is 1. The Morgan fingerprint density at radius 2 is 2.00 bits per heavy atom. The SMILES string of the molecule is Fc1cc(-n2cnnn2)ccc1OCc1csc(C2CCN(c3ncc(Cl)cn3)CC2)n1. The van der Waals surface area contributed by atoms with Crippen LogP contribution in [-0.2, 0) is 6.61 Å². The highest BCUT2D eigenvalue weighted by Gasteiger charge is 2.24. The number of rotatable bonds is 6. The minimum atomic E-state index is -0.481. The van der Waals surface area contributed by atoms with Crippen LogP contribution in [0.2, 0.25) is 5.02 Å². The van der Waals surface area contributed by atoms with Gasteiger partial charge >= 0.3 is 0 Å². The third-order valence-electron chi connectivity index (χ3n) is 5.21. The lowest BCUT2D eigenvalue weighted by Gasteiger charge is -2.31. The molecule has 0 unspecified atom stereocenters. The average Bonchev–Trinajstić information content (AvgIpc) is 3.52. The zero-order chi connectivity index (χ0) is 21.9. The van der Waals surface area contributed by atoms with E-state index >= 15 is 0 Å². The molecule has 9 nitrogen and oxygen atoms in total. The highest BCUT2D eigenvalue weighted by molar-refractivity contribution is 7.09. The number of aromatic nitrogens is 7. The van der Waals surface area contributed by atoms with Crippen molar-refractivity contribution in [2.45, 2.75) is 25.4 Å². The van der Waals surface area contributed by atoms with E-state index in [2.05, 4.69) is 30.4 Å². The molecular weight excluding hydrogens is 455 g/mol. The van der Waals surface area contributed by atoms with E-state index in [0.717, 1.165) is 36.6 Å². The Morgan fingerprint density at radius 3 is 2.72 bits per heavy atom. The van der Waals surface area contributed by atoms with Gasteiger partial charge in [0.15, 0.2) is 11.6 Å². The zero-order valence-electron chi connectivity index (χ0n) is 16.8. The third kappa shape index (κ3) is 4.53. The van der Waals surface area contributed by atoms with E-state index in [1.165, 1.54) is 17.1 Å². The Morgan fingerprint density at radius 1 is 1.19 bits per heavy atom. The van der Waals surface area contributed by atoms with Crippen molar-refractivity contribution in [1.82, 2.24) is 35.2 Å². The Balaban J connectivity index is 1.17. The van der Waals surface area contributed by atoms with E-state index in [1.54, 1.807) is 35.9 Å². The lowest BCUT2D eigenvalue weighted by Crippen LogP contribution is -2.34. The summed E-state index contributed by atoms with van der Waals surface area (Å²) < 4.78 is 21.4. The van der Waals surface area contributed by atoms with Crippen LogP contribution in [0.15, 0.2) is 42.3 Å².